The molecule has 0 bridgehead atoms. The number of thioether (sulfide) groups is 1. The number of ether oxygens (including phenoxy) is 1. The normalized spacial score (nSPS) is 11.3. The molecule has 2 heterocycles. The van der Waals surface area contributed by atoms with E-state index < -0.39 is 0 Å². The molecule has 3 rings (SSSR count). The Hall–Kier alpha value is -2.03. The first-order valence-corrected chi connectivity index (χ1v) is 11.2. The van der Waals surface area contributed by atoms with Crippen molar-refractivity contribution in [2.24, 2.45) is 0 Å². The number of ketones is 1. The lowest BCUT2D eigenvalue weighted by Crippen LogP contribution is -2.24. The minimum Gasteiger partial charge on any atom is -0.382 e. The number of carbonyl (C=O) groups excluding carboxylic acids is 1. The summed E-state index contributed by atoms with van der Waals surface area (Å²) in [7, 11) is 0. The minimum atomic E-state index is -0.382. The molecule has 0 radical (unpaired) electrons. The predicted octanol–water partition coefficient (Wildman–Crippen LogP) is 4.62. The predicted molar refractivity (Wildman–Crippen MR) is 116 cm³/mol. The van der Waals surface area contributed by atoms with E-state index in [2.05, 4.69) is 4.98 Å². The van der Waals surface area contributed by atoms with E-state index >= 15 is 0 Å². The fourth-order valence-corrected chi connectivity index (χ4v) is 4.92. The van der Waals surface area contributed by atoms with Crippen LogP contribution in [0.4, 0.5) is 4.39 Å². The molecule has 154 valence electrons. The number of halogens is 1. The van der Waals surface area contributed by atoms with Crippen LogP contribution in [0.15, 0.2) is 34.2 Å². The summed E-state index contributed by atoms with van der Waals surface area (Å²) < 4.78 is 20.1. The Bertz CT molecular complexity index is 1070. The van der Waals surface area contributed by atoms with E-state index in [1.807, 2.05) is 20.8 Å². The van der Waals surface area contributed by atoms with Crippen LogP contribution in [0, 0.1) is 19.7 Å². The summed E-state index contributed by atoms with van der Waals surface area (Å²) in [4.78, 5) is 32.1. The van der Waals surface area contributed by atoms with Gasteiger partial charge in [0.1, 0.15) is 10.6 Å². The van der Waals surface area contributed by atoms with Gasteiger partial charge in [-0.2, -0.15) is 0 Å². The smallest absolute Gasteiger partial charge is 0.263 e. The summed E-state index contributed by atoms with van der Waals surface area (Å²) in [5, 5.41) is 1.17. The Balaban J connectivity index is 1.88. The molecular formula is C21H23FN2O3S2. The molecule has 0 atom stereocenters. The maximum absolute atomic E-state index is 13.1. The Labute approximate surface area is 176 Å². The summed E-state index contributed by atoms with van der Waals surface area (Å²) in [6.07, 6.45) is 0.683. The third kappa shape index (κ3) is 4.94. The maximum atomic E-state index is 13.1. The third-order valence-corrected chi connectivity index (χ3v) is 6.70. The summed E-state index contributed by atoms with van der Waals surface area (Å²) in [5.41, 5.74) is 1.32. The van der Waals surface area contributed by atoms with Gasteiger partial charge in [0.2, 0.25) is 0 Å². The molecule has 0 unspecified atom stereocenters. The van der Waals surface area contributed by atoms with Crippen molar-refractivity contribution in [3.05, 3.63) is 56.4 Å². The summed E-state index contributed by atoms with van der Waals surface area (Å²) in [5.74, 6) is -0.394. The Morgan fingerprint density at radius 1 is 1.28 bits per heavy atom. The molecule has 8 heteroatoms. The van der Waals surface area contributed by atoms with Crippen LogP contribution in [0.3, 0.4) is 0 Å². The number of hydrogen-bond acceptors (Lipinski definition) is 6. The quantitative estimate of drug-likeness (QED) is 0.213. The standard InChI is InChI=1S/C21H23FN2O3S2/c1-4-27-11-5-10-24-20(26)18-13(2)14(3)29-19(18)23-21(24)28-12-17(25)15-6-8-16(22)9-7-15/h6-9H,4-5,10-12H2,1-3H3. The van der Waals surface area contributed by atoms with Gasteiger partial charge in [-0.15, -0.1) is 11.3 Å². The molecule has 0 aliphatic heterocycles. The van der Waals surface area contributed by atoms with E-state index in [0.717, 1.165) is 10.4 Å². The Morgan fingerprint density at radius 2 is 2.00 bits per heavy atom. The first-order valence-electron chi connectivity index (χ1n) is 9.42. The number of rotatable bonds is 9. The van der Waals surface area contributed by atoms with Crippen LogP contribution in [0.2, 0.25) is 0 Å². The summed E-state index contributed by atoms with van der Waals surface area (Å²) in [6, 6.07) is 5.47. The van der Waals surface area contributed by atoms with Gasteiger partial charge in [0.25, 0.3) is 5.56 Å². The van der Waals surface area contributed by atoms with Gasteiger partial charge in [0.05, 0.1) is 11.1 Å². The molecular weight excluding hydrogens is 411 g/mol. The number of benzene rings is 1. The second-order valence-corrected chi connectivity index (χ2v) is 8.73. The fraction of sp³-hybridized carbons (Fsp3) is 0.381. The lowest BCUT2D eigenvalue weighted by atomic mass is 10.1. The molecule has 5 nitrogen and oxygen atoms in total. The number of carbonyl (C=O) groups is 1. The van der Waals surface area contributed by atoms with Gasteiger partial charge in [-0.25, -0.2) is 9.37 Å². The van der Waals surface area contributed by atoms with Crippen molar-refractivity contribution in [3.63, 3.8) is 0 Å². The number of thiophene rings is 1. The van der Waals surface area contributed by atoms with Gasteiger partial charge >= 0.3 is 0 Å². The highest BCUT2D eigenvalue weighted by molar-refractivity contribution is 7.99. The van der Waals surface area contributed by atoms with Gasteiger partial charge < -0.3 is 4.74 Å². The zero-order valence-electron chi connectivity index (χ0n) is 16.7. The fourth-order valence-electron chi connectivity index (χ4n) is 2.93. The van der Waals surface area contributed by atoms with E-state index in [1.54, 1.807) is 4.57 Å². The van der Waals surface area contributed by atoms with Crippen LogP contribution < -0.4 is 5.56 Å². The number of aryl methyl sites for hydroxylation is 2. The van der Waals surface area contributed by atoms with Crippen LogP contribution in [0.5, 0.6) is 0 Å². The van der Waals surface area contributed by atoms with E-state index in [-0.39, 0.29) is 22.9 Å². The second kappa shape index (κ2) is 9.65. The molecule has 0 fully saturated rings. The number of Topliss-reactive ketones (excluding diaryl/α,β-unsaturated/α-hetero) is 1. The maximum Gasteiger partial charge on any atom is 0.263 e. The number of nitrogens with zero attached hydrogens (tertiary/aromatic N) is 2. The lowest BCUT2D eigenvalue weighted by molar-refractivity contribution is 0.102. The van der Waals surface area contributed by atoms with Crippen LogP contribution in [-0.2, 0) is 11.3 Å². The first-order chi connectivity index (χ1) is 13.9. The first kappa shape index (κ1) is 21.7. The van der Waals surface area contributed by atoms with Crippen molar-refractivity contribution < 1.29 is 13.9 Å². The summed E-state index contributed by atoms with van der Waals surface area (Å²) in [6.45, 7) is 7.50. The van der Waals surface area contributed by atoms with Crippen LogP contribution in [-0.4, -0.2) is 34.3 Å². The van der Waals surface area contributed by atoms with E-state index in [9.17, 15) is 14.0 Å². The van der Waals surface area contributed by atoms with E-state index in [0.29, 0.717) is 47.1 Å². The summed E-state index contributed by atoms with van der Waals surface area (Å²) >= 11 is 2.73. The third-order valence-electron chi connectivity index (χ3n) is 4.63. The zero-order valence-corrected chi connectivity index (χ0v) is 18.3. The van der Waals surface area contributed by atoms with Crippen molar-refractivity contribution in [1.29, 1.82) is 0 Å². The Kier molecular flexibility index (Phi) is 7.21. The number of hydrogen-bond donors (Lipinski definition) is 0. The van der Waals surface area contributed by atoms with Gasteiger partial charge in [0.15, 0.2) is 10.9 Å². The zero-order chi connectivity index (χ0) is 21.0. The van der Waals surface area contributed by atoms with E-state index in [1.165, 1.54) is 47.4 Å². The lowest BCUT2D eigenvalue weighted by Gasteiger charge is -2.12. The topological polar surface area (TPSA) is 61.2 Å². The molecule has 29 heavy (non-hydrogen) atoms. The van der Waals surface area contributed by atoms with Gasteiger partial charge in [-0.3, -0.25) is 14.2 Å². The number of fused-ring (bicyclic) bond motifs is 1. The molecule has 0 aliphatic carbocycles. The highest BCUT2D eigenvalue weighted by atomic mass is 32.2. The van der Waals surface area contributed by atoms with Crippen molar-refractivity contribution in [2.45, 2.75) is 38.9 Å². The van der Waals surface area contributed by atoms with E-state index in [4.69, 9.17) is 4.74 Å². The molecule has 2 aromatic heterocycles. The van der Waals surface area contributed by atoms with Gasteiger partial charge in [-0.1, -0.05) is 11.8 Å². The average Bonchev–Trinajstić information content (AvgIpc) is 2.99. The van der Waals surface area contributed by atoms with Crippen LogP contribution in [0.25, 0.3) is 10.2 Å². The molecule has 0 saturated carbocycles. The average molecular weight is 435 g/mol. The van der Waals surface area contributed by atoms with Crippen molar-refractivity contribution in [2.75, 3.05) is 19.0 Å². The van der Waals surface area contributed by atoms with Crippen LogP contribution >= 0.6 is 23.1 Å². The molecule has 0 saturated heterocycles. The van der Waals surface area contributed by atoms with Gasteiger partial charge in [0, 0.05) is 30.2 Å². The highest BCUT2D eigenvalue weighted by Gasteiger charge is 2.18. The molecule has 1 aromatic carbocycles. The van der Waals surface area contributed by atoms with Crippen molar-refractivity contribution >= 4 is 39.1 Å². The van der Waals surface area contributed by atoms with Crippen molar-refractivity contribution in [3.8, 4) is 0 Å². The SMILES string of the molecule is CCOCCCn1c(SCC(=O)c2ccc(F)cc2)nc2sc(C)c(C)c2c1=O. The highest BCUT2D eigenvalue weighted by Crippen LogP contribution is 2.28. The monoisotopic (exact) mass is 434 g/mol. The number of aromatic nitrogens is 2. The van der Waals surface area contributed by atoms with Gasteiger partial charge in [-0.05, 0) is 57.0 Å². The Morgan fingerprint density at radius 3 is 2.69 bits per heavy atom. The molecule has 0 N–H and O–H groups in total. The molecule has 3 aromatic rings. The van der Waals surface area contributed by atoms with Crippen LogP contribution in [0.1, 0.15) is 34.1 Å². The molecule has 0 spiro atoms. The minimum absolute atomic E-state index is 0.0786. The molecule has 0 amide bonds. The largest absolute Gasteiger partial charge is 0.382 e. The second-order valence-electron chi connectivity index (χ2n) is 6.58. The molecule has 0 aliphatic rings. The van der Waals surface area contributed by atoms with Crippen molar-refractivity contribution in [1.82, 2.24) is 9.55 Å².